The molecular formula is C20H22N2O2. The summed E-state index contributed by atoms with van der Waals surface area (Å²) >= 11 is 0. The van der Waals surface area contributed by atoms with Gasteiger partial charge in [0.05, 0.1) is 18.9 Å². The molecule has 4 atom stereocenters. The molecule has 124 valence electrons. The molecule has 4 heterocycles. The molecule has 0 radical (unpaired) electrons. The second kappa shape index (κ2) is 4.96. The highest BCUT2D eigenvalue weighted by atomic mass is 16.5. The fourth-order valence-electron chi connectivity index (χ4n) is 5.20. The highest BCUT2D eigenvalue weighted by Crippen LogP contribution is 2.50. The average molecular weight is 322 g/mol. The maximum absolute atomic E-state index is 12.1. The molecule has 5 rings (SSSR count). The molecule has 1 aromatic heterocycles. The Balaban J connectivity index is 1.64. The molecule has 1 fully saturated rings. The van der Waals surface area contributed by atoms with Gasteiger partial charge in [0.25, 0.3) is 0 Å². The largest absolute Gasteiger partial charge is 0.500 e. The summed E-state index contributed by atoms with van der Waals surface area (Å²) in [7, 11) is 2.23. The van der Waals surface area contributed by atoms with Crippen molar-refractivity contribution in [1.82, 2.24) is 9.88 Å². The number of nitrogens with one attached hydrogen (secondary N) is 1. The van der Waals surface area contributed by atoms with Gasteiger partial charge in [0, 0.05) is 34.1 Å². The lowest BCUT2D eigenvalue weighted by Gasteiger charge is -2.52. The van der Waals surface area contributed by atoms with Crippen LogP contribution < -0.4 is 0 Å². The molecule has 4 nitrogen and oxygen atoms in total. The lowest BCUT2D eigenvalue weighted by Crippen LogP contribution is -2.55. The van der Waals surface area contributed by atoms with Crippen molar-refractivity contribution >= 4 is 16.7 Å². The first-order valence-electron chi connectivity index (χ1n) is 8.79. The number of ketones is 1. The first kappa shape index (κ1) is 14.3. The van der Waals surface area contributed by atoms with Gasteiger partial charge in [0.2, 0.25) is 0 Å². The smallest absolute Gasteiger partial charge is 0.159 e. The van der Waals surface area contributed by atoms with Gasteiger partial charge in [-0.15, -0.1) is 0 Å². The number of carbonyl (C=O) groups is 1. The number of H-pyrrole nitrogens is 1. The molecule has 2 bridgehead atoms. The third-order valence-corrected chi connectivity index (χ3v) is 6.40. The Morgan fingerprint density at radius 3 is 3.00 bits per heavy atom. The Hall–Kier alpha value is -2.07. The summed E-state index contributed by atoms with van der Waals surface area (Å²) in [6, 6.07) is 9.38. The van der Waals surface area contributed by atoms with E-state index in [0.717, 1.165) is 25.0 Å². The fourth-order valence-corrected chi connectivity index (χ4v) is 5.20. The second-order valence-electron chi connectivity index (χ2n) is 7.48. The number of hydrogen-bond donors (Lipinski definition) is 1. The number of para-hydroxylation sites is 1. The number of carbonyl (C=O) groups excluding carboxylic acids is 1. The number of rotatable bonds is 1. The Morgan fingerprint density at radius 2 is 2.17 bits per heavy atom. The molecule has 1 saturated heterocycles. The minimum absolute atomic E-state index is 0.157. The van der Waals surface area contributed by atoms with Crippen molar-refractivity contribution in [3.8, 4) is 0 Å². The van der Waals surface area contributed by atoms with E-state index in [1.807, 2.05) is 0 Å². The van der Waals surface area contributed by atoms with Gasteiger partial charge in [-0.25, -0.2) is 0 Å². The normalized spacial score (nSPS) is 31.8. The Kier molecular flexibility index (Phi) is 2.95. The Morgan fingerprint density at radius 1 is 1.33 bits per heavy atom. The molecule has 24 heavy (non-hydrogen) atoms. The van der Waals surface area contributed by atoms with Crippen LogP contribution in [0.1, 0.15) is 30.6 Å². The van der Waals surface area contributed by atoms with E-state index in [1.165, 1.54) is 22.2 Å². The standard InChI is InChI=1S/C20H22N2O2/c1-11(23)15-9-24-10-16-13(15)7-19-20-14(8-18(16)22(19)2)12-5-3-4-6-17(12)21-20/h3-6,9,13,16,18-19,21H,7-8,10H2,1-2H3/t13-,16+,18+,19+/m0/s1. The van der Waals surface area contributed by atoms with Gasteiger partial charge in [-0.1, -0.05) is 18.2 Å². The van der Waals surface area contributed by atoms with Crippen LogP contribution in [0.2, 0.25) is 0 Å². The molecular weight excluding hydrogens is 300 g/mol. The summed E-state index contributed by atoms with van der Waals surface area (Å²) in [5.41, 5.74) is 4.93. The number of benzene rings is 1. The van der Waals surface area contributed by atoms with Gasteiger partial charge in [-0.2, -0.15) is 0 Å². The zero-order valence-corrected chi connectivity index (χ0v) is 14.1. The number of likely N-dealkylation sites (N-methyl/N-ethyl adjacent to an activating group) is 1. The maximum Gasteiger partial charge on any atom is 0.159 e. The minimum atomic E-state index is 0.157. The fraction of sp³-hybridized carbons (Fsp3) is 0.450. The zero-order valence-electron chi connectivity index (χ0n) is 14.1. The number of Topliss-reactive ketones (excluding diaryl/α,β-unsaturated/α-hetero) is 1. The molecule has 3 aliphatic heterocycles. The van der Waals surface area contributed by atoms with Crippen LogP contribution in [0, 0.1) is 11.8 Å². The van der Waals surface area contributed by atoms with Crippen molar-refractivity contribution in [1.29, 1.82) is 0 Å². The van der Waals surface area contributed by atoms with Crippen LogP contribution in [0.3, 0.4) is 0 Å². The predicted octanol–water partition coefficient (Wildman–Crippen LogP) is 3.20. The van der Waals surface area contributed by atoms with Crippen LogP contribution in [-0.2, 0) is 16.0 Å². The first-order chi connectivity index (χ1) is 11.6. The summed E-state index contributed by atoms with van der Waals surface area (Å²) in [4.78, 5) is 18.2. The highest BCUT2D eigenvalue weighted by molar-refractivity contribution is 5.93. The van der Waals surface area contributed by atoms with Gasteiger partial charge in [-0.3, -0.25) is 9.69 Å². The van der Waals surface area contributed by atoms with Gasteiger partial charge in [0.1, 0.15) is 0 Å². The van der Waals surface area contributed by atoms with E-state index in [1.54, 1.807) is 13.2 Å². The van der Waals surface area contributed by atoms with Gasteiger partial charge >= 0.3 is 0 Å². The Labute approximate surface area is 141 Å². The molecule has 0 saturated carbocycles. The van der Waals surface area contributed by atoms with Crippen LogP contribution in [0.25, 0.3) is 10.9 Å². The van der Waals surface area contributed by atoms with E-state index in [2.05, 4.69) is 41.2 Å². The zero-order chi connectivity index (χ0) is 16.4. The predicted molar refractivity (Wildman–Crippen MR) is 92.6 cm³/mol. The molecule has 0 amide bonds. The van der Waals surface area contributed by atoms with E-state index in [-0.39, 0.29) is 5.78 Å². The van der Waals surface area contributed by atoms with Crippen molar-refractivity contribution in [3.05, 3.63) is 47.4 Å². The summed E-state index contributed by atoms with van der Waals surface area (Å²) < 4.78 is 5.69. The number of fused-ring (bicyclic) bond motifs is 8. The molecule has 0 aliphatic carbocycles. The monoisotopic (exact) mass is 322 g/mol. The number of aromatic nitrogens is 1. The van der Waals surface area contributed by atoms with E-state index < -0.39 is 0 Å². The third-order valence-electron chi connectivity index (χ3n) is 6.40. The van der Waals surface area contributed by atoms with Crippen LogP contribution >= 0.6 is 0 Å². The highest BCUT2D eigenvalue weighted by Gasteiger charge is 2.49. The average Bonchev–Trinajstić information content (AvgIpc) is 2.93. The van der Waals surface area contributed by atoms with Crippen molar-refractivity contribution in [2.75, 3.05) is 13.7 Å². The van der Waals surface area contributed by atoms with Gasteiger partial charge < -0.3 is 9.72 Å². The summed E-state index contributed by atoms with van der Waals surface area (Å²) in [6.07, 6.45) is 3.74. The van der Waals surface area contributed by atoms with Crippen LogP contribution in [0.5, 0.6) is 0 Å². The van der Waals surface area contributed by atoms with Crippen molar-refractivity contribution in [3.63, 3.8) is 0 Å². The van der Waals surface area contributed by atoms with E-state index in [0.29, 0.717) is 23.9 Å². The van der Waals surface area contributed by atoms with Gasteiger partial charge in [0.15, 0.2) is 5.78 Å². The first-order valence-corrected chi connectivity index (χ1v) is 8.79. The number of aromatic amines is 1. The van der Waals surface area contributed by atoms with Crippen molar-refractivity contribution in [2.24, 2.45) is 11.8 Å². The lowest BCUT2D eigenvalue weighted by atomic mass is 9.67. The van der Waals surface area contributed by atoms with Crippen LogP contribution in [-0.4, -0.2) is 35.4 Å². The van der Waals surface area contributed by atoms with E-state index in [9.17, 15) is 4.79 Å². The van der Waals surface area contributed by atoms with Crippen molar-refractivity contribution < 1.29 is 9.53 Å². The molecule has 1 N–H and O–H groups in total. The third kappa shape index (κ3) is 1.80. The lowest BCUT2D eigenvalue weighted by molar-refractivity contribution is -0.116. The van der Waals surface area contributed by atoms with Crippen LogP contribution in [0.4, 0.5) is 0 Å². The summed E-state index contributed by atoms with van der Waals surface area (Å²) in [5.74, 6) is 0.878. The molecule has 2 aromatic rings. The Bertz CT molecular complexity index is 866. The molecule has 4 heteroatoms. The quantitative estimate of drug-likeness (QED) is 0.877. The van der Waals surface area contributed by atoms with E-state index in [4.69, 9.17) is 4.74 Å². The number of hydrogen-bond acceptors (Lipinski definition) is 3. The minimum Gasteiger partial charge on any atom is -0.500 e. The number of ether oxygens (including phenoxy) is 1. The number of allylic oxidation sites excluding steroid dienone is 1. The van der Waals surface area contributed by atoms with Gasteiger partial charge in [-0.05, 0) is 44.4 Å². The summed E-state index contributed by atoms with van der Waals surface area (Å²) in [5, 5.41) is 1.35. The molecule has 1 aromatic carbocycles. The van der Waals surface area contributed by atoms with E-state index >= 15 is 0 Å². The van der Waals surface area contributed by atoms with Crippen molar-refractivity contribution in [2.45, 2.75) is 31.8 Å². The maximum atomic E-state index is 12.1. The SMILES string of the molecule is CC(=O)C1=COC[C@H]2[C@H]3Cc4c([nH]c5ccccc45)[C@@H](C[C@@H]12)N3C. The number of nitrogens with zero attached hydrogens (tertiary/aromatic N) is 1. The summed E-state index contributed by atoms with van der Waals surface area (Å²) in [6.45, 7) is 2.39. The number of piperidine rings is 1. The van der Waals surface area contributed by atoms with Crippen LogP contribution in [0.15, 0.2) is 36.1 Å². The molecule has 0 unspecified atom stereocenters. The topological polar surface area (TPSA) is 45.3 Å². The molecule has 3 aliphatic rings. The molecule has 0 spiro atoms. The second-order valence-corrected chi connectivity index (χ2v) is 7.48.